The number of rotatable bonds is 38. The van der Waals surface area contributed by atoms with Gasteiger partial charge in [-0.2, -0.15) is 11.8 Å². The largest absolute Gasteiger partial charge is 0.481 e. The fourth-order valence-electron chi connectivity index (χ4n) is 6.36. The number of aliphatic imine (C=N–C) groups is 2. The van der Waals surface area contributed by atoms with Crippen LogP contribution in [-0.2, 0) is 67.1 Å². The predicted molar refractivity (Wildman–Crippen MR) is 277 cm³/mol. The van der Waals surface area contributed by atoms with Crippen molar-refractivity contribution in [1.82, 2.24) is 42.5 Å². The fraction of sp³-hybridized carbons (Fsp3) is 0.628. The van der Waals surface area contributed by atoms with Crippen molar-refractivity contribution < 1.29 is 87.5 Å². The van der Waals surface area contributed by atoms with Crippen LogP contribution >= 0.6 is 11.8 Å². The Labute approximate surface area is 451 Å². The number of amides is 10. The van der Waals surface area contributed by atoms with Gasteiger partial charge in [0.15, 0.2) is 11.9 Å². The zero-order valence-corrected chi connectivity index (χ0v) is 44.3. The van der Waals surface area contributed by atoms with Crippen molar-refractivity contribution in [3.63, 3.8) is 0 Å². The average molecular weight is 1140 g/mol. The monoisotopic (exact) mass is 1130 g/mol. The van der Waals surface area contributed by atoms with Crippen LogP contribution in [0.15, 0.2) is 9.98 Å². The number of thioether (sulfide) groups is 1. The molecule has 0 radical (unpaired) electrons. The van der Waals surface area contributed by atoms with E-state index in [1.807, 2.05) is 0 Å². The number of nitrogens with one attached hydrogen (secondary N) is 8. The van der Waals surface area contributed by atoms with E-state index in [1.165, 1.54) is 18.7 Å². The van der Waals surface area contributed by atoms with Gasteiger partial charge in [0, 0.05) is 46.2 Å². The second-order valence-corrected chi connectivity index (χ2v) is 17.9. The number of nitrogens with two attached hydrogens (primary N) is 6. The molecule has 0 aromatic rings. The van der Waals surface area contributed by atoms with Crippen LogP contribution in [0.5, 0.6) is 0 Å². The fourth-order valence-corrected chi connectivity index (χ4v) is 6.83. The number of primary amides is 2. The van der Waals surface area contributed by atoms with Crippen LogP contribution in [0.25, 0.3) is 0 Å². The maximum atomic E-state index is 14.1. The molecule has 10 amide bonds. The molecule has 0 spiro atoms. The first kappa shape index (κ1) is 71.5. The molecule has 8 atom stereocenters. The molecule has 0 aliphatic rings. The van der Waals surface area contributed by atoms with Crippen LogP contribution in [0.2, 0.25) is 0 Å². The summed E-state index contributed by atoms with van der Waals surface area (Å²) in [4.78, 5) is 182. The predicted octanol–water partition coefficient (Wildman–Crippen LogP) is -7.19. The number of hydrogen-bond acceptors (Lipinski definition) is 17. The van der Waals surface area contributed by atoms with Gasteiger partial charge in [-0.1, -0.05) is 0 Å². The molecule has 0 aromatic heterocycles. The Hall–Kier alpha value is -8.53. The van der Waals surface area contributed by atoms with E-state index in [4.69, 9.17) is 54.5 Å². The molecule has 0 heterocycles. The molecular formula is C43H74N16O18S. The van der Waals surface area contributed by atoms with E-state index in [-0.39, 0.29) is 62.9 Å². The number of carbonyl (C=O) groups is 14. The second-order valence-electron chi connectivity index (χ2n) is 16.9. The minimum absolute atomic E-state index is 0.0119. The normalized spacial score (nSPS) is 13.5. The minimum atomic E-state index is -1.67. The number of hydrogen-bond donors (Lipinski definition) is 18. The van der Waals surface area contributed by atoms with Gasteiger partial charge in [0.25, 0.3) is 5.97 Å². The Kier molecular flexibility index (Phi) is 35.7. The highest BCUT2D eigenvalue weighted by Crippen LogP contribution is 2.10. The van der Waals surface area contributed by atoms with Crippen LogP contribution in [-0.4, -0.2) is 189 Å². The summed E-state index contributed by atoms with van der Waals surface area (Å²) >= 11 is 1.23. The first-order valence-electron chi connectivity index (χ1n) is 23.7. The molecule has 0 saturated heterocycles. The number of carboxylic acid groups (broad SMARTS) is 4. The number of aliphatic carboxylic acids is 4. The zero-order valence-electron chi connectivity index (χ0n) is 43.5. The molecule has 0 aliphatic heterocycles. The molecule has 440 valence electrons. The Morgan fingerprint density at radius 3 is 1.06 bits per heavy atom. The first-order valence-corrected chi connectivity index (χ1v) is 25.1. The summed E-state index contributed by atoms with van der Waals surface area (Å²) in [6, 6.07) is -12.5. The SMILES string of the molecule is CC(=O)O.CSCC[C@H](NC(=O)[C@H](CCC(=O)O)NC(=O)[C@H](CCC(=O)O)NC(C)=O)C(=O)N[C@@H](CCC(N)=O)C(=O)N[C@@H](CCCN=C(N)N)C(=O)N[C@@H](CCCN=C(N)N)C(=O)N[C@@H](C)C(=O)N[C@@H](CC(=O)O)C(N)=O. The van der Waals surface area contributed by atoms with Gasteiger partial charge in [0.1, 0.15) is 48.3 Å². The molecule has 78 heavy (non-hydrogen) atoms. The molecule has 0 fully saturated rings. The van der Waals surface area contributed by atoms with E-state index in [0.717, 1.165) is 13.8 Å². The second kappa shape index (κ2) is 38.9. The van der Waals surface area contributed by atoms with Crippen LogP contribution in [0.3, 0.4) is 0 Å². The molecule has 0 unspecified atom stereocenters. The molecular weight excluding hydrogens is 1060 g/mol. The zero-order chi connectivity index (χ0) is 60.2. The molecule has 0 saturated carbocycles. The summed E-state index contributed by atoms with van der Waals surface area (Å²) in [5.41, 5.74) is 32.3. The average Bonchev–Trinajstić information content (AvgIpc) is 3.31. The van der Waals surface area contributed by atoms with Gasteiger partial charge >= 0.3 is 17.9 Å². The van der Waals surface area contributed by atoms with Crippen LogP contribution in [0, 0.1) is 0 Å². The van der Waals surface area contributed by atoms with Crippen molar-refractivity contribution in [2.75, 3.05) is 25.1 Å². The molecule has 24 N–H and O–H groups in total. The lowest BCUT2D eigenvalue weighted by Crippen LogP contribution is -2.60. The van der Waals surface area contributed by atoms with Crippen molar-refractivity contribution in [2.24, 2.45) is 44.4 Å². The van der Waals surface area contributed by atoms with Crippen molar-refractivity contribution in [3.05, 3.63) is 0 Å². The maximum Gasteiger partial charge on any atom is 0.305 e. The Morgan fingerprint density at radius 2 is 0.756 bits per heavy atom. The van der Waals surface area contributed by atoms with E-state index in [0.29, 0.717) is 0 Å². The minimum Gasteiger partial charge on any atom is -0.481 e. The van der Waals surface area contributed by atoms with E-state index in [9.17, 15) is 67.4 Å². The van der Waals surface area contributed by atoms with Crippen LogP contribution in [0.1, 0.15) is 97.8 Å². The Balaban J connectivity index is 0. The van der Waals surface area contributed by atoms with Gasteiger partial charge in [-0.15, -0.1) is 0 Å². The lowest BCUT2D eigenvalue weighted by atomic mass is 10.0. The summed E-state index contributed by atoms with van der Waals surface area (Å²) in [5, 5.41) is 53.8. The van der Waals surface area contributed by atoms with Crippen molar-refractivity contribution in [3.8, 4) is 0 Å². The van der Waals surface area contributed by atoms with Crippen LogP contribution < -0.4 is 76.9 Å². The smallest absolute Gasteiger partial charge is 0.305 e. The summed E-state index contributed by atoms with van der Waals surface area (Å²) in [7, 11) is 0. The third kappa shape index (κ3) is 34.9. The van der Waals surface area contributed by atoms with E-state index in [1.54, 1.807) is 6.26 Å². The number of nitrogens with zero attached hydrogens (tertiary/aromatic N) is 2. The van der Waals surface area contributed by atoms with Gasteiger partial charge in [-0.3, -0.25) is 77.1 Å². The molecule has 0 bridgehead atoms. The highest BCUT2D eigenvalue weighted by Gasteiger charge is 2.34. The standard InChI is InChI=1S/C41H70N16O16S.C2H4O2/c1-19(33(67)57-27(32(43)66)18-31(64)65)50-34(68)21(6-4-15-48-40(44)45)52-35(69)22(7-5-16-49-41(46)47)53-37(71)24(8-11-28(42)59)54-39(73)26(14-17-74-3)56-38(72)25(10-13-30(62)63)55-36(70)23(51-20(2)58)9-12-29(60)61;1-2(3)4/h19,21-27H,4-18H2,1-3H3,(H2,42,59)(H2,43,66)(H,50,68)(H,51,58)(H,52,69)(H,53,71)(H,54,73)(H,55,70)(H,56,72)(H,57,67)(H,60,61)(H,62,63)(H,64,65)(H4,44,45,48)(H4,46,47,49);1H3,(H,3,4)/t19-,21-,22-,23-,24-,25-,26-,27-;/m0./s1. The number of guanidine groups is 2. The van der Waals surface area contributed by atoms with Gasteiger partial charge in [0.2, 0.25) is 59.1 Å². The number of carbonyl (C=O) groups excluding carboxylic acids is 10. The third-order valence-corrected chi connectivity index (χ3v) is 10.8. The first-order chi connectivity index (χ1) is 36.3. The van der Waals surface area contributed by atoms with E-state index < -0.39 is 176 Å². The lowest BCUT2D eigenvalue weighted by molar-refractivity contribution is -0.140. The highest BCUT2D eigenvalue weighted by molar-refractivity contribution is 7.98. The summed E-state index contributed by atoms with van der Waals surface area (Å²) in [5.74, 6) is -15.5. The number of carboxylic acids is 4. The molecule has 0 aliphatic carbocycles. The Bertz CT molecular complexity index is 2170. The lowest BCUT2D eigenvalue weighted by Gasteiger charge is -2.28. The summed E-state index contributed by atoms with van der Waals surface area (Å²) < 4.78 is 0. The molecule has 35 heteroatoms. The van der Waals surface area contributed by atoms with Gasteiger partial charge in [-0.05, 0) is 70.3 Å². The molecule has 34 nitrogen and oxygen atoms in total. The molecule has 0 aromatic carbocycles. The van der Waals surface area contributed by atoms with E-state index >= 15 is 0 Å². The van der Waals surface area contributed by atoms with Crippen LogP contribution in [0.4, 0.5) is 0 Å². The molecule has 0 rings (SSSR count). The van der Waals surface area contributed by atoms with Crippen molar-refractivity contribution >= 4 is 107 Å². The van der Waals surface area contributed by atoms with Gasteiger partial charge in [0.05, 0.1) is 6.42 Å². The van der Waals surface area contributed by atoms with Crippen molar-refractivity contribution in [1.29, 1.82) is 0 Å². The topological polar surface area (TPSA) is 597 Å². The third-order valence-electron chi connectivity index (χ3n) is 10.1. The maximum absolute atomic E-state index is 14.1. The quantitative estimate of drug-likeness (QED) is 0.0155. The summed E-state index contributed by atoms with van der Waals surface area (Å²) in [6.07, 6.45) is -2.89. The van der Waals surface area contributed by atoms with Gasteiger partial charge in [-0.25, -0.2) is 0 Å². The Morgan fingerprint density at radius 1 is 0.436 bits per heavy atom. The van der Waals surface area contributed by atoms with Crippen molar-refractivity contribution in [2.45, 2.75) is 146 Å². The highest BCUT2D eigenvalue weighted by atomic mass is 32.2. The summed E-state index contributed by atoms with van der Waals surface area (Å²) in [6.45, 7) is 3.20. The van der Waals surface area contributed by atoms with E-state index in [2.05, 4.69) is 52.5 Å². The van der Waals surface area contributed by atoms with Gasteiger partial charge < -0.3 is 97.4 Å².